The van der Waals surface area contributed by atoms with E-state index in [1.54, 1.807) is 7.11 Å². The highest BCUT2D eigenvalue weighted by atomic mass is 127. The average molecular weight is 454 g/mol. The van der Waals surface area contributed by atoms with Gasteiger partial charge in [0.25, 0.3) is 0 Å². The summed E-state index contributed by atoms with van der Waals surface area (Å²) in [6, 6.07) is 17.2. The molecule has 0 unspecified atom stereocenters. The minimum Gasteiger partial charge on any atom is -0.497 e. The van der Waals surface area contributed by atoms with Gasteiger partial charge >= 0.3 is 0 Å². The van der Waals surface area contributed by atoms with E-state index in [1.807, 2.05) is 54.6 Å². The fraction of sp³-hybridized carbons (Fsp3) is 0.222. The Balaban J connectivity index is 0.00000312. The molecule has 2 aromatic carbocycles. The monoisotopic (exact) mass is 454 g/mol. The van der Waals surface area contributed by atoms with Crippen LogP contribution in [0, 0.1) is 0 Å². The van der Waals surface area contributed by atoms with E-state index in [2.05, 4.69) is 15.6 Å². The van der Waals surface area contributed by atoms with Crippen LogP contribution in [-0.2, 0) is 11.2 Å². The lowest BCUT2D eigenvalue weighted by Gasteiger charge is -2.07. The van der Waals surface area contributed by atoms with E-state index in [9.17, 15) is 4.79 Å². The molecule has 1 amide bonds. The SMILES string of the molecule is COc1ccc(NC(N)=NCC(=O)NCCc2ccccc2)cc1.I. The van der Waals surface area contributed by atoms with Gasteiger partial charge < -0.3 is 21.1 Å². The van der Waals surface area contributed by atoms with E-state index in [-0.39, 0.29) is 42.4 Å². The zero-order valence-electron chi connectivity index (χ0n) is 14.1. The number of methoxy groups -OCH3 is 1. The molecule has 0 aliphatic heterocycles. The normalized spacial score (nSPS) is 10.5. The summed E-state index contributed by atoms with van der Waals surface area (Å²) >= 11 is 0. The van der Waals surface area contributed by atoms with Gasteiger partial charge in [0.15, 0.2) is 5.96 Å². The number of nitrogens with two attached hydrogens (primary N) is 1. The number of hydrogen-bond donors (Lipinski definition) is 3. The van der Waals surface area contributed by atoms with Crippen molar-refractivity contribution in [3.8, 4) is 5.75 Å². The highest BCUT2D eigenvalue weighted by Crippen LogP contribution is 2.14. The Bertz CT molecular complexity index is 675. The molecule has 0 saturated carbocycles. The third-order valence-corrected chi connectivity index (χ3v) is 3.33. The summed E-state index contributed by atoms with van der Waals surface area (Å²) in [5.74, 6) is 0.789. The molecule has 2 rings (SSSR count). The van der Waals surface area contributed by atoms with Crippen molar-refractivity contribution in [2.24, 2.45) is 10.7 Å². The second-order valence-corrected chi connectivity index (χ2v) is 5.14. The first-order valence-electron chi connectivity index (χ1n) is 7.69. The number of guanidine groups is 1. The number of rotatable bonds is 7. The van der Waals surface area contributed by atoms with Gasteiger partial charge in [0.2, 0.25) is 5.91 Å². The molecular weight excluding hydrogens is 431 g/mol. The van der Waals surface area contributed by atoms with Gasteiger partial charge in [0.1, 0.15) is 12.3 Å². The Hall–Kier alpha value is -2.29. The number of benzene rings is 2. The Labute approximate surface area is 164 Å². The largest absolute Gasteiger partial charge is 0.497 e. The molecule has 0 bridgehead atoms. The van der Waals surface area contributed by atoms with Gasteiger partial charge in [-0.25, -0.2) is 4.99 Å². The van der Waals surface area contributed by atoms with Crippen LogP contribution in [0.5, 0.6) is 5.75 Å². The van der Waals surface area contributed by atoms with Crippen molar-refractivity contribution < 1.29 is 9.53 Å². The summed E-state index contributed by atoms with van der Waals surface area (Å²) in [5.41, 5.74) is 7.73. The van der Waals surface area contributed by atoms with Crippen molar-refractivity contribution in [2.75, 3.05) is 25.5 Å². The number of carbonyl (C=O) groups is 1. The molecule has 0 saturated heterocycles. The first kappa shape index (κ1) is 20.8. The summed E-state index contributed by atoms with van der Waals surface area (Å²) in [7, 11) is 1.61. The Morgan fingerprint density at radius 3 is 2.44 bits per heavy atom. The molecule has 2 aromatic rings. The Kier molecular flexibility index (Phi) is 9.38. The van der Waals surface area contributed by atoms with Crippen LogP contribution in [0.25, 0.3) is 0 Å². The number of halogens is 1. The summed E-state index contributed by atoms with van der Waals surface area (Å²) in [6.45, 7) is 0.563. The number of amides is 1. The molecule has 6 nitrogen and oxygen atoms in total. The Morgan fingerprint density at radius 2 is 1.80 bits per heavy atom. The number of aliphatic imine (C=N–C) groups is 1. The number of hydrogen-bond acceptors (Lipinski definition) is 3. The quantitative estimate of drug-likeness (QED) is 0.341. The van der Waals surface area contributed by atoms with Crippen LogP contribution < -0.4 is 21.1 Å². The van der Waals surface area contributed by atoms with E-state index in [1.165, 1.54) is 5.56 Å². The summed E-state index contributed by atoms with van der Waals surface area (Å²) in [6.07, 6.45) is 0.788. The van der Waals surface area contributed by atoms with Gasteiger partial charge in [-0.2, -0.15) is 0 Å². The molecule has 0 aliphatic rings. The molecule has 0 atom stereocenters. The van der Waals surface area contributed by atoms with Crippen LogP contribution in [0.4, 0.5) is 5.69 Å². The van der Waals surface area contributed by atoms with Crippen LogP contribution in [0.1, 0.15) is 5.56 Å². The molecule has 0 fully saturated rings. The highest BCUT2D eigenvalue weighted by molar-refractivity contribution is 14.0. The third-order valence-electron chi connectivity index (χ3n) is 3.33. The number of nitrogens with one attached hydrogen (secondary N) is 2. The van der Waals surface area contributed by atoms with Gasteiger partial charge in [-0.15, -0.1) is 24.0 Å². The molecule has 4 N–H and O–H groups in total. The molecule has 0 heterocycles. The highest BCUT2D eigenvalue weighted by Gasteiger charge is 2.01. The van der Waals surface area contributed by atoms with Gasteiger partial charge in [-0.3, -0.25) is 4.79 Å². The molecular formula is C18H23IN4O2. The first-order chi connectivity index (χ1) is 11.7. The maximum absolute atomic E-state index is 11.8. The minimum atomic E-state index is -0.162. The van der Waals surface area contributed by atoms with Crippen molar-refractivity contribution in [2.45, 2.75) is 6.42 Å². The van der Waals surface area contributed by atoms with E-state index in [0.29, 0.717) is 6.54 Å². The maximum atomic E-state index is 11.8. The zero-order valence-corrected chi connectivity index (χ0v) is 16.4. The molecule has 0 spiro atoms. The van der Waals surface area contributed by atoms with Crippen LogP contribution in [-0.4, -0.2) is 32.1 Å². The molecule has 7 heteroatoms. The van der Waals surface area contributed by atoms with E-state index >= 15 is 0 Å². The molecule has 0 radical (unpaired) electrons. The molecule has 134 valence electrons. The van der Waals surface area contributed by atoms with E-state index < -0.39 is 0 Å². The van der Waals surface area contributed by atoms with Crippen molar-refractivity contribution in [3.63, 3.8) is 0 Å². The van der Waals surface area contributed by atoms with Gasteiger partial charge in [0, 0.05) is 12.2 Å². The fourth-order valence-corrected chi connectivity index (χ4v) is 2.07. The standard InChI is InChI=1S/C18H22N4O2.HI/c1-24-16-9-7-15(8-10-16)22-18(19)21-13-17(23)20-12-11-14-5-3-2-4-6-14;/h2-10H,11-13H2,1H3,(H,20,23)(H3,19,21,22);1H. The van der Waals surface area contributed by atoms with E-state index in [4.69, 9.17) is 10.5 Å². The number of carbonyl (C=O) groups excluding carboxylic acids is 1. The second kappa shape index (κ2) is 11.3. The molecule has 25 heavy (non-hydrogen) atoms. The lowest BCUT2D eigenvalue weighted by atomic mass is 10.1. The lowest BCUT2D eigenvalue weighted by Crippen LogP contribution is -2.30. The lowest BCUT2D eigenvalue weighted by molar-refractivity contribution is -0.119. The first-order valence-corrected chi connectivity index (χ1v) is 7.69. The predicted octanol–water partition coefficient (Wildman–Crippen LogP) is 2.40. The van der Waals surface area contributed by atoms with Crippen molar-refractivity contribution in [1.82, 2.24) is 5.32 Å². The predicted molar refractivity (Wildman–Crippen MR) is 112 cm³/mol. The van der Waals surface area contributed by atoms with Gasteiger partial charge in [-0.05, 0) is 36.2 Å². The van der Waals surface area contributed by atoms with E-state index in [0.717, 1.165) is 17.9 Å². The zero-order chi connectivity index (χ0) is 17.2. The van der Waals surface area contributed by atoms with Crippen LogP contribution in [0.2, 0.25) is 0 Å². The summed E-state index contributed by atoms with van der Waals surface area (Å²) in [5, 5.41) is 5.74. The summed E-state index contributed by atoms with van der Waals surface area (Å²) < 4.78 is 5.08. The van der Waals surface area contributed by atoms with Crippen LogP contribution >= 0.6 is 24.0 Å². The smallest absolute Gasteiger partial charge is 0.241 e. The van der Waals surface area contributed by atoms with Crippen LogP contribution in [0.3, 0.4) is 0 Å². The molecule has 0 aliphatic carbocycles. The third kappa shape index (κ3) is 7.88. The van der Waals surface area contributed by atoms with Crippen molar-refractivity contribution in [1.29, 1.82) is 0 Å². The van der Waals surface area contributed by atoms with Crippen molar-refractivity contribution >= 4 is 41.5 Å². The fourth-order valence-electron chi connectivity index (χ4n) is 2.07. The number of ether oxygens (including phenoxy) is 1. The van der Waals surface area contributed by atoms with Gasteiger partial charge in [-0.1, -0.05) is 30.3 Å². The average Bonchev–Trinajstić information content (AvgIpc) is 2.61. The number of nitrogens with zero attached hydrogens (tertiary/aromatic N) is 1. The second-order valence-electron chi connectivity index (χ2n) is 5.14. The van der Waals surface area contributed by atoms with Crippen molar-refractivity contribution in [3.05, 3.63) is 60.2 Å². The minimum absolute atomic E-state index is 0. The topological polar surface area (TPSA) is 88.7 Å². The molecule has 0 aromatic heterocycles. The maximum Gasteiger partial charge on any atom is 0.241 e. The Morgan fingerprint density at radius 1 is 1.12 bits per heavy atom. The number of anilines is 1. The van der Waals surface area contributed by atoms with Crippen LogP contribution in [0.15, 0.2) is 59.6 Å². The van der Waals surface area contributed by atoms with Gasteiger partial charge in [0.05, 0.1) is 7.11 Å². The summed E-state index contributed by atoms with van der Waals surface area (Å²) in [4.78, 5) is 15.8.